The highest BCUT2D eigenvalue weighted by Crippen LogP contribution is 2.31. The second-order valence-electron chi connectivity index (χ2n) is 8.15. The normalized spacial score (nSPS) is 18.0. The Bertz CT molecular complexity index is 919. The molecule has 1 fully saturated rings. The average Bonchev–Trinajstić information content (AvgIpc) is 3.22. The first-order valence-corrected chi connectivity index (χ1v) is 13.4. The molecule has 1 aliphatic carbocycles. The molecular formula is C23H30ClN3O4S2. The number of anilines is 1. The van der Waals surface area contributed by atoms with Gasteiger partial charge in [-0.3, -0.25) is 10.1 Å². The van der Waals surface area contributed by atoms with Crippen LogP contribution in [0.15, 0.2) is 34.7 Å². The summed E-state index contributed by atoms with van der Waals surface area (Å²) >= 11 is 8.95. The number of amides is 2. The largest absolute Gasteiger partial charge is 0.492 e. The molecule has 1 aromatic heterocycles. The standard InChI is InChI=1S/C23H30ClN3O4S2/c1-16-7-9-17(10-8-16)27(12-4-13-31-19-6-3-2-5-18(19)24)23(30)26-22-25-15-21(33-22)32-14-11-20(28)29/h2-3,5-6,15-17H,4,7-14H2,1H3,(H,28,29)(H,25,26,30). The lowest BCUT2D eigenvalue weighted by atomic mass is 9.86. The van der Waals surface area contributed by atoms with Gasteiger partial charge < -0.3 is 14.7 Å². The molecule has 0 atom stereocenters. The van der Waals surface area contributed by atoms with Gasteiger partial charge in [-0.05, 0) is 50.2 Å². The van der Waals surface area contributed by atoms with E-state index in [1.54, 1.807) is 12.3 Å². The number of aromatic nitrogens is 1. The lowest BCUT2D eigenvalue weighted by Gasteiger charge is -2.36. The van der Waals surface area contributed by atoms with Crippen LogP contribution in [0.5, 0.6) is 5.75 Å². The molecular weight excluding hydrogens is 482 g/mol. The quantitative estimate of drug-likeness (QED) is 0.274. The number of thiazole rings is 1. The third-order valence-electron chi connectivity index (χ3n) is 5.58. The fourth-order valence-corrected chi connectivity index (χ4v) is 5.83. The van der Waals surface area contributed by atoms with Crippen molar-refractivity contribution in [2.75, 3.05) is 24.2 Å². The first-order chi connectivity index (χ1) is 15.9. The molecule has 7 nitrogen and oxygen atoms in total. The fraction of sp³-hybridized carbons (Fsp3) is 0.522. The Hall–Kier alpha value is -1.97. The van der Waals surface area contributed by atoms with E-state index >= 15 is 0 Å². The second-order valence-corrected chi connectivity index (χ2v) is 11.0. The van der Waals surface area contributed by atoms with Crippen molar-refractivity contribution in [1.29, 1.82) is 0 Å². The molecule has 1 aliphatic rings. The number of hydrogen-bond donors (Lipinski definition) is 2. The van der Waals surface area contributed by atoms with Gasteiger partial charge in [0, 0.05) is 18.3 Å². The summed E-state index contributed by atoms with van der Waals surface area (Å²) in [5.74, 6) is 0.996. The number of ether oxygens (including phenoxy) is 1. The molecule has 2 amide bonds. The summed E-state index contributed by atoms with van der Waals surface area (Å²) in [4.78, 5) is 30.1. The smallest absolute Gasteiger partial charge is 0.323 e. The monoisotopic (exact) mass is 511 g/mol. The summed E-state index contributed by atoms with van der Waals surface area (Å²) in [5, 5.41) is 12.8. The molecule has 33 heavy (non-hydrogen) atoms. The molecule has 2 N–H and O–H groups in total. The number of carbonyl (C=O) groups is 2. The van der Waals surface area contributed by atoms with Crippen LogP contribution in [0, 0.1) is 5.92 Å². The third kappa shape index (κ3) is 8.39. The zero-order valence-corrected chi connectivity index (χ0v) is 21.1. The van der Waals surface area contributed by atoms with E-state index < -0.39 is 5.97 Å². The van der Waals surface area contributed by atoms with E-state index in [1.165, 1.54) is 23.1 Å². The van der Waals surface area contributed by atoms with Gasteiger partial charge in [0.1, 0.15) is 5.75 Å². The van der Waals surface area contributed by atoms with Crippen LogP contribution >= 0.6 is 34.7 Å². The molecule has 1 heterocycles. The van der Waals surface area contributed by atoms with E-state index in [0.717, 1.165) is 29.9 Å². The molecule has 1 aromatic carbocycles. The molecule has 0 unspecified atom stereocenters. The van der Waals surface area contributed by atoms with Gasteiger partial charge in [0.25, 0.3) is 0 Å². The second kappa shape index (κ2) is 13.1. The highest BCUT2D eigenvalue weighted by Gasteiger charge is 2.28. The van der Waals surface area contributed by atoms with Crippen molar-refractivity contribution in [3.63, 3.8) is 0 Å². The number of nitrogens with one attached hydrogen (secondary N) is 1. The maximum Gasteiger partial charge on any atom is 0.323 e. The maximum absolute atomic E-state index is 13.2. The Morgan fingerprint density at radius 3 is 2.79 bits per heavy atom. The van der Waals surface area contributed by atoms with Crippen molar-refractivity contribution < 1.29 is 19.4 Å². The Balaban J connectivity index is 1.55. The number of aliphatic carboxylic acids is 1. The Morgan fingerprint density at radius 1 is 1.30 bits per heavy atom. The van der Waals surface area contributed by atoms with Crippen LogP contribution in [0.1, 0.15) is 45.4 Å². The first-order valence-electron chi connectivity index (χ1n) is 11.2. The van der Waals surface area contributed by atoms with Crippen LogP contribution in [-0.2, 0) is 4.79 Å². The summed E-state index contributed by atoms with van der Waals surface area (Å²) < 4.78 is 6.69. The van der Waals surface area contributed by atoms with Gasteiger partial charge in [0.15, 0.2) is 5.13 Å². The molecule has 1 saturated carbocycles. The topological polar surface area (TPSA) is 91.8 Å². The number of carbonyl (C=O) groups excluding carboxylic acids is 1. The Morgan fingerprint density at radius 2 is 2.06 bits per heavy atom. The van der Waals surface area contributed by atoms with Crippen molar-refractivity contribution in [2.24, 2.45) is 5.92 Å². The van der Waals surface area contributed by atoms with Crippen LogP contribution in [0.3, 0.4) is 0 Å². The number of hydrogen-bond acceptors (Lipinski definition) is 6. The summed E-state index contributed by atoms with van der Waals surface area (Å²) in [6.45, 7) is 3.32. The average molecular weight is 512 g/mol. The maximum atomic E-state index is 13.2. The van der Waals surface area contributed by atoms with Gasteiger partial charge in [-0.15, -0.1) is 11.8 Å². The number of halogens is 1. The number of carboxylic acids is 1. The van der Waals surface area contributed by atoms with Crippen molar-refractivity contribution in [3.05, 3.63) is 35.5 Å². The van der Waals surface area contributed by atoms with E-state index in [9.17, 15) is 9.59 Å². The van der Waals surface area contributed by atoms with Crippen molar-refractivity contribution in [2.45, 2.75) is 55.7 Å². The van der Waals surface area contributed by atoms with Gasteiger partial charge in [-0.1, -0.05) is 42.0 Å². The molecule has 0 spiro atoms. The van der Waals surface area contributed by atoms with Gasteiger partial charge in [-0.2, -0.15) is 0 Å². The zero-order valence-electron chi connectivity index (χ0n) is 18.7. The summed E-state index contributed by atoms with van der Waals surface area (Å²) in [6, 6.07) is 7.42. The molecule has 0 radical (unpaired) electrons. The Labute approximate surface area is 207 Å². The van der Waals surface area contributed by atoms with E-state index in [2.05, 4.69) is 17.2 Å². The molecule has 2 aromatic rings. The summed E-state index contributed by atoms with van der Waals surface area (Å²) in [5.41, 5.74) is 0. The fourth-order valence-electron chi connectivity index (χ4n) is 3.77. The number of carboxylic acid groups (broad SMARTS) is 1. The number of benzene rings is 1. The predicted molar refractivity (Wildman–Crippen MR) is 134 cm³/mol. The number of para-hydroxylation sites is 1. The van der Waals surface area contributed by atoms with Crippen LogP contribution < -0.4 is 10.1 Å². The molecule has 0 saturated heterocycles. The highest BCUT2D eigenvalue weighted by molar-refractivity contribution is 8.01. The molecule has 0 bridgehead atoms. The number of nitrogens with zero attached hydrogens (tertiary/aromatic N) is 2. The lowest BCUT2D eigenvalue weighted by Crippen LogP contribution is -2.45. The van der Waals surface area contributed by atoms with Gasteiger partial charge in [0.05, 0.1) is 28.5 Å². The van der Waals surface area contributed by atoms with Crippen LogP contribution in [0.2, 0.25) is 5.02 Å². The molecule has 10 heteroatoms. The molecule has 0 aliphatic heterocycles. The number of thioether (sulfide) groups is 1. The van der Waals surface area contributed by atoms with Gasteiger partial charge in [-0.25, -0.2) is 9.78 Å². The van der Waals surface area contributed by atoms with E-state index in [4.69, 9.17) is 21.4 Å². The summed E-state index contributed by atoms with van der Waals surface area (Å²) in [6.07, 6.45) is 6.69. The van der Waals surface area contributed by atoms with E-state index in [-0.39, 0.29) is 18.5 Å². The van der Waals surface area contributed by atoms with E-state index in [1.807, 2.05) is 23.1 Å². The van der Waals surface area contributed by atoms with Crippen molar-refractivity contribution in [1.82, 2.24) is 9.88 Å². The zero-order chi connectivity index (χ0) is 23.6. The minimum Gasteiger partial charge on any atom is -0.492 e. The minimum atomic E-state index is -0.823. The lowest BCUT2D eigenvalue weighted by molar-refractivity contribution is -0.136. The van der Waals surface area contributed by atoms with Crippen molar-refractivity contribution in [3.8, 4) is 5.75 Å². The van der Waals surface area contributed by atoms with Crippen molar-refractivity contribution >= 4 is 51.8 Å². The summed E-state index contributed by atoms with van der Waals surface area (Å²) in [7, 11) is 0. The van der Waals surface area contributed by atoms with Crippen LogP contribution in [0.4, 0.5) is 9.93 Å². The SMILES string of the molecule is CC1CCC(N(CCCOc2ccccc2Cl)C(=O)Nc2ncc(SCCC(=O)O)s2)CC1. The molecule has 180 valence electrons. The first kappa shape index (κ1) is 25.6. The third-order valence-corrected chi connectivity index (χ3v) is 8.00. The van der Waals surface area contributed by atoms with Crippen LogP contribution in [-0.4, -0.2) is 51.9 Å². The number of rotatable bonds is 11. The predicted octanol–water partition coefficient (Wildman–Crippen LogP) is 6.25. The molecule has 3 rings (SSSR count). The highest BCUT2D eigenvalue weighted by atomic mass is 35.5. The van der Waals surface area contributed by atoms with E-state index in [0.29, 0.717) is 47.1 Å². The number of urea groups is 1. The van der Waals surface area contributed by atoms with Gasteiger partial charge >= 0.3 is 12.0 Å². The van der Waals surface area contributed by atoms with Gasteiger partial charge in [0.2, 0.25) is 0 Å². The Kier molecular flexibility index (Phi) is 10.1. The van der Waals surface area contributed by atoms with Crippen LogP contribution in [0.25, 0.3) is 0 Å². The minimum absolute atomic E-state index is 0.0917.